The topological polar surface area (TPSA) is 49.3 Å². The first-order valence-electron chi connectivity index (χ1n) is 9.07. The quantitative estimate of drug-likeness (QED) is 0.605. The molecule has 3 rings (SSSR count). The molecule has 0 saturated carbocycles. The van der Waals surface area contributed by atoms with Crippen molar-refractivity contribution >= 4 is 17.6 Å². The second-order valence-electron chi connectivity index (χ2n) is 6.57. The molecule has 0 aromatic heterocycles. The van der Waals surface area contributed by atoms with Gasteiger partial charge in [0, 0.05) is 56.4 Å². The van der Waals surface area contributed by atoms with E-state index in [0.717, 1.165) is 51.8 Å². The molecule has 0 spiro atoms. The highest BCUT2D eigenvalue weighted by Crippen LogP contribution is 2.25. The number of rotatable bonds is 5. The number of benzene rings is 1. The Morgan fingerprint density at radius 1 is 1.37 bits per heavy atom. The molecule has 6 nitrogen and oxygen atoms in total. The minimum Gasteiger partial charge on any atom is -0.434 e. The van der Waals surface area contributed by atoms with Crippen molar-refractivity contribution in [2.75, 3.05) is 46.4 Å². The van der Waals surface area contributed by atoms with Crippen molar-refractivity contribution in [3.8, 4) is 5.75 Å². The van der Waals surface area contributed by atoms with Gasteiger partial charge in [0.2, 0.25) is 0 Å². The van der Waals surface area contributed by atoms with Crippen LogP contribution in [0.1, 0.15) is 12.0 Å². The van der Waals surface area contributed by atoms with Crippen LogP contribution >= 0.6 is 11.6 Å². The summed E-state index contributed by atoms with van der Waals surface area (Å²) in [5, 5.41) is 3.71. The highest BCUT2D eigenvalue weighted by Gasteiger charge is 2.30. The van der Waals surface area contributed by atoms with Crippen LogP contribution in [0.3, 0.4) is 0 Å². The summed E-state index contributed by atoms with van der Waals surface area (Å²) in [6.45, 7) is 2.69. The summed E-state index contributed by atoms with van der Waals surface area (Å²) in [7, 11) is 1.72. The molecule has 0 bridgehead atoms. The summed E-state index contributed by atoms with van der Waals surface area (Å²) in [5.41, 5.74) is 0.563. The van der Waals surface area contributed by atoms with Crippen LogP contribution in [-0.4, -0.2) is 74.9 Å². The normalized spacial score (nSPS) is 21.7. The average Bonchev–Trinajstić information content (AvgIpc) is 3.15. The van der Waals surface area contributed by atoms with Gasteiger partial charge in [0.1, 0.15) is 5.75 Å². The third-order valence-electron chi connectivity index (χ3n) is 4.91. The second kappa shape index (κ2) is 9.52. The van der Waals surface area contributed by atoms with Crippen molar-refractivity contribution in [1.82, 2.24) is 15.1 Å². The van der Waals surface area contributed by atoms with Gasteiger partial charge >= 0.3 is 6.61 Å². The van der Waals surface area contributed by atoms with Gasteiger partial charge in [0.25, 0.3) is 0 Å². The van der Waals surface area contributed by atoms with Crippen molar-refractivity contribution < 1.29 is 18.3 Å². The smallest absolute Gasteiger partial charge is 0.387 e. The first kappa shape index (κ1) is 20.1. The standard InChI is InChI=1S/C18H25ClF2N4O2/c1-22-18(25-5-4-15(12-25)24-6-8-26-9-7-24)23-11-13-10-14(19)2-3-16(13)27-17(20)21/h2-3,10,15,17H,4-9,11-12H2,1H3,(H,22,23). The van der Waals surface area contributed by atoms with E-state index in [2.05, 4.69) is 24.8 Å². The Hall–Kier alpha value is -1.64. The van der Waals surface area contributed by atoms with Crippen molar-refractivity contribution in [3.05, 3.63) is 28.8 Å². The lowest BCUT2D eigenvalue weighted by Crippen LogP contribution is -2.46. The zero-order valence-electron chi connectivity index (χ0n) is 15.3. The van der Waals surface area contributed by atoms with Gasteiger partial charge in [-0.2, -0.15) is 8.78 Å². The molecule has 0 amide bonds. The van der Waals surface area contributed by atoms with Crippen molar-refractivity contribution in [2.24, 2.45) is 4.99 Å². The van der Waals surface area contributed by atoms with E-state index in [1.54, 1.807) is 13.1 Å². The van der Waals surface area contributed by atoms with E-state index >= 15 is 0 Å². The fraction of sp³-hybridized carbons (Fsp3) is 0.611. The number of nitrogens with one attached hydrogen (secondary N) is 1. The molecule has 2 aliphatic rings. The van der Waals surface area contributed by atoms with Crippen LogP contribution in [0.2, 0.25) is 5.02 Å². The van der Waals surface area contributed by atoms with Crippen LogP contribution in [0, 0.1) is 0 Å². The number of alkyl halides is 2. The van der Waals surface area contributed by atoms with E-state index < -0.39 is 6.61 Å². The highest BCUT2D eigenvalue weighted by molar-refractivity contribution is 6.30. The molecule has 27 heavy (non-hydrogen) atoms. The summed E-state index contributed by atoms with van der Waals surface area (Å²) in [5.74, 6) is 0.860. The molecule has 1 N–H and O–H groups in total. The van der Waals surface area contributed by atoms with E-state index in [1.165, 1.54) is 12.1 Å². The Bertz CT molecular complexity index is 656. The second-order valence-corrected chi connectivity index (χ2v) is 7.00. The molecular formula is C18H25ClF2N4O2. The lowest BCUT2D eigenvalue weighted by molar-refractivity contribution is -0.0504. The first-order chi connectivity index (χ1) is 13.1. The number of aliphatic imine (C=N–C) groups is 1. The summed E-state index contributed by atoms with van der Waals surface area (Å²) < 4.78 is 35.2. The number of halogens is 3. The predicted molar refractivity (Wildman–Crippen MR) is 101 cm³/mol. The zero-order chi connectivity index (χ0) is 19.2. The number of nitrogens with zero attached hydrogens (tertiary/aromatic N) is 3. The summed E-state index contributed by atoms with van der Waals surface area (Å²) >= 11 is 6.01. The number of hydrogen-bond acceptors (Lipinski definition) is 4. The van der Waals surface area contributed by atoms with E-state index in [0.29, 0.717) is 23.2 Å². The van der Waals surface area contributed by atoms with Gasteiger partial charge in [-0.25, -0.2) is 0 Å². The van der Waals surface area contributed by atoms with Crippen molar-refractivity contribution in [1.29, 1.82) is 0 Å². The Kier molecular flexibility index (Phi) is 7.09. The van der Waals surface area contributed by atoms with Gasteiger partial charge in [0.15, 0.2) is 5.96 Å². The van der Waals surface area contributed by atoms with Crippen LogP contribution in [-0.2, 0) is 11.3 Å². The fourth-order valence-electron chi connectivity index (χ4n) is 3.58. The van der Waals surface area contributed by atoms with Gasteiger partial charge in [-0.3, -0.25) is 9.89 Å². The van der Waals surface area contributed by atoms with Gasteiger partial charge < -0.3 is 19.7 Å². The monoisotopic (exact) mass is 402 g/mol. The predicted octanol–water partition coefficient (Wildman–Crippen LogP) is 2.42. The van der Waals surface area contributed by atoms with E-state index in [-0.39, 0.29) is 5.75 Å². The molecule has 1 aromatic carbocycles. The van der Waals surface area contributed by atoms with E-state index in [1.807, 2.05) is 0 Å². The fourth-order valence-corrected chi connectivity index (χ4v) is 3.77. The maximum atomic E-state index is 12.6. The van der Waals surface area contributed by atoms with Crippen LogP contribution in [0.15, 0.2) is 23.2 Å². The molecule has 9 heteroatoms. The van der Waals surface area contributed by atoms with Crippen LogP contribution in [0.5, 0.6) is 5.75 Å². The molecule has 1 unspecified atom stereocenters. The number of guanidine groups is 1. The molecule has 150 valence electrons. The van der Waals surface area contributed by atoms with Crippen molar-refractivity contribution in [3.63, 3.8) is 0 Å². The lowest BCUT2D eigenvalue weighted by Gasteiger charge is -2.32. The molecule has 2 aliphatic heterocycles. The summed E-state index contributed by atoms with van der Waals surface area (Å²) in [6.07, 6.45) is 1.07. The summed E-state index contributed by atoms with van der Waals surface area (Å²) in [6, 6.07) is 5.10. The van der Waals surface area contributed by atoms with Crippen LogP contribution in [0.4, 0.5) is 8.78 Å². The number of morpholine rings is 1. The molecule has 2 saturated heterocycles. The summed E-state index contributed by atoms with van der Waals surface area (Å²) in [4.78, 5) is 9.00. The maximum absolute atomic E-state index is 12.6. The SMILES string of the molecule is CN=C(NCc1cc(Cl)ccc1OC(F)F)N1CCC(N2CCOCC2)C1. The third kappa shape index (κ3) is 5.43. The van der Waals surface area contributed by atoms with Crippen molar-refractivity contribution in [2.45, 2.75) is 25.6 Å². The molecular weight excluding hydrogens is 378 g/mol. The Balaban J connectivity index is 1.59. The molecule has 2 heterocycles. The third-order valence-corrected chi connectivity index (χ3v) is 5.15. The maximum Gasteiger partial charge on any atom is 0.387 e. The molecule has 0 radical (unpaired) electrons. The van der Waals surface area contributed by atoms with Crippen LogP contribution < -0.4 is 10.1 Å². The first-order valence-corrected chi connectivity index (χ1v) is 9.45. The van der Waals surface area contributed by atoms with Gasteiger partial charge in [-0.05, 0) is 24.6 Å². The molecule has 1 aromatic rings. The zero-order valence-corrected chi connectivity index (χ0v) is 16.1. The minimum absolute atomic E-state index is 0.116. The molecule has 1 atom stereocenters. The number of ether oxygens (including phenoxy) is 2. The lowest BCUT2D eigenvalue weighted by atomic mass is 10.2. The van der Waals surface area contributed by atoms with Gasteiger partial charge in [0.05, 0.1) is 13.2 Å². The molecule has 0 aliphatic carbocycles. The number of likely N-dealkylation sites (tertiary alicyclic amines) is 1. The highest BCUT2D eigenvalue weighted by atomic mass is 35.5. The minimum atomic E-state index is -2.88. The number of hydrogen-bond donors (Lipinski definition) is 1. The average molecular weight is 403 g/mol. The Labute approximate surface area is 163 Å². The molecule has 2 fully saturated rings. The van der Waals surface area contributed by atoms with Gasteiger partial charge in [-0.1, -0.05) is 11.6 Å². The van der Waals surface area contributed by atoms with E-state index in [9.17, 15) is 8.78 Å². The van der Waals surface area contributed by atoms with E-state index in [4.69, 9.17) is 16.3 Å². The largest absolute Gasteiger partial charge is 0.434 e. The Morgan fingerprint density at radius 2 is 2.15 bits per heavy atom. The Morgan fingerprint density at radius 3 is 2.85 bits per heavy atom. The van der Waals surface area contributed by atoms with Crippen LogP contribution in [0.25, 0.3) is 0 Å². The van der Waals surface area contributed by atoms with Gasteiger partial charge in [-0.15, -0.1) is 0 Å².